The molecule has 0 saturated heterocycles. The van der Waals surface area contributed by atoms with Crippen LogP contribution in [0.1, 0.15) is 46.5 Å². The molecule has 1 unspecified atom stereocenters. The fraction of sp³-hybridized carbons (Fsp3) is 0.588. The first kappa shape index (κ1) is 18.9. The van der Waals surface area contributed by atoms with Crippen molar-refractivity contribution in [1.29, 1.82) is 0 Å². The molecule has 0 aromatic heterocycles. The number of carboxylic acids is 1. The molecule has 6 heteroatoms. The summed E-state index contributed by atoms with van der Waals surface area (Å²) in [5.74, 6) is -1.81. The van der Waals surface area contributed by atoms with Gasteiger partial charge in [-0.3, -0.25) is 9.59 Å². The number of carbonyl (C=O) groups is 2. The van der Waals surface area contributed by atoms with Crippen molar-refractivity contribution in [2.24, 2.45) is 16.0 Å². The highest BCUT2D eigenvalue weighted by Crippen LogP contribution is 2.50. The second kappa shape index (κ2) is 7.44. The molecule has 0 amide bonds. The van der Waals surface area contributed by atoms with Gasteiger partial charge in [0.1, 0.15) is 12.0 Å². The first-order valence-electron chi connectivity index (χ1n) is 7.67. The largest absolute Gasteiger partial charge is 0.512 e. The van der Waals surface area contributed by atoms with Crippen LogP contribution in [0.4, 0.5) is 0 Å². The normalized spacial score (nSPS) is 24.0. The summed E-state index contributed by atoms with van der Waals surface area (Å²) in [6, 6.07) is 0. The van der Waals surface area contributed by atoms with Gasteiger partial charge in [-0.25, -0.2) is 0 Å². The number of aliphatic carboxylic acids is 1. The molecule has 2 N–H and O–H groups in total. The molecule has 0 fully saturated rings. The average Bonchev–Trinajstić information content (AvgIpc) is 2.43. The lowest BCUT2D eigenvalue weighted by Gasteiger charge is -2.44. The summed E-state index contributed by atoms with van der Waals surface area (Å²) in [7, 11) is 0. The van der Waals surface area contributed by atoms with Crippen molar-refractivity contribution in [1.82, 2.24) is 0 Å². The van der Waals surface area contributed by atoms with Gasteiger partial charge in [0.15, 0.2) is 5.78 Å². The number of carbonyl (C=O) groups excluding carboxylic acids is 1. The highest BCUT2D eigenvalue weighted by molar-refractivity contribution is 6.10. The molecule has 6 nitrogen and oxygen atoms in total. The lowest BCUT2D eigenvalue weighted by molar-refractivity contribution is -0.164. The van der Waals surface area contributed by atoms with Gasteiger partial charge in [-0.05, 0) is 24.7 Å². The van der Waals surface area contributed by atoms with E-state index in [1.807, 2.05) is 6.92 Å². The lowest BCUT2D eigenvalue weighted by atomic mass is 9.56. The SMILES string of the molecule is C=CCON=C(CC)CCC1(C(=O)O)C(=O)C=C(O)CC1(C)C. The second-order valence-corrected chi connectivity index (χ2v) is 6.37. The second-order valence-electron chi connectivity index (χ2n) is 6.37. The highest BCUT2D eigenvalue weighted by Gasteiger charge is 2.58. The van der Waals surface area contributed by atoms with Gasteiger partial charge in [0.2, 0.25) is 0 Å². The summed E-state index contributed by atoms with van der Waals surface area (Å²) in [6.45, 7) is 9.08. The number of allylic oxidation sites excluding steroid dienone is 2. The van der Waals surface area contributed by atoms with Crippen LogP contribution in [0.2, 0.25) is 0 Å². The predicted molar refractivity (Wildman–Crippen MR) is 87.3 cm³/mol. The number of hydrogen-bond donors (Lipinski definition) is 2. The third kappa shape index (κ3) is 3.81. The molecular weight excluding hydrogens is 298 g/mol. The molecule has 0 heterocycles. The van der Waals surface area contributed by atoms with Gasteiger partial charge in [0.05, 0.1) is 11.5 Å². The quantitative estimate of drug-likeness (QED) is 0.235. The van der Waals surface area contributed by atoms with E-state index >= 15 is 0 Å². The molecule has 0 bridgehead atoms. The standard InChI is InChI=1S/C17H25NO5/c1-5-9-23-18-12(6-2)7-8-17(15(21)22)14(20)10-13(19)11-16(17,3)4/h5,10,19H,1,6-9,11H2,2-4H3,(H,21,22). The van der Waals surface area contributed by atoms with E-state index in [9.17, 15) is 19.8 Å². The Bertz CT molecular complexity index is 547. The van der Waals surface area contributed by atoms with E-state index in [4.69, 9.17) is 4.84 Å². The van der Waals surface area contributed by atoms with Gasteiger partial charge < -0.3 is 15.1 Å². The Balaban J connectivity index is 3.07. The topological polar surface area (TPSA) is 96.2 Å². The molecule has 1 atom stereocenters. The van der Waals surface area contributed by atoms with Crippen molar-refractivity contribution in [2.45, 2.75) is 46.5 Å². The Morgan fingerprint density at radius 3 is 2.65 bits per heavy atom. The zero-order valence-electron chi connectivity index (χ0n) is 14.0. The maximum Gasteiger partial charge on any atom is 0.318 e. The minimum atomic E-state index is -1.58. The third-order valence-corrected chi connectivity index (χ3v) is 4.44. The number of nitrogens with zero attached hydrogens (tertiary/aromatic N) is 1. The van der Waals surface area contributed by atoms with E-state index in [1.165, 1.54) is 0 Å². The summed E-state index contributed by atoms with van der Waals surface area (Å²) in [4.78, 5) is 29.4. The van der Waals surface area contributed by atoms with Gasteiger partial charge in [0, 0.05) is 12.5 Å². The lowest BCUT2D eigenvalue weighted by Crippen LogP contribution is -2.52. The van der Waals surface area contributed by atoms with E-state index in [1.54, 1.807) is 19.9 Å². The summed E-state index contributed by atoms with van der Waals surface area (Å²) in [6.07, 6.45) is 3.80. The van der Waals surface area contributed by atoms with Crippen LogP contribution in [-0.2, 0) is 14.4 Å². The molecule has 0 saturated carbocycles. The minimum absolute atomic E-state index is 0.0735. The van der Waals surface area contributed by atoms with Crippen LogP contribution in [-0.4, -0.2) is 34.3 Å². The number of rotatable bonds is 8. The number of ketones is 1. The fourth-order valence-electron chi connectivity index (χ4n) is 3.03. The van der Waals surface area contributed by atoms with Gasteiger partial charge in [0.25, 0.3) is 0 Å². The minimum Gasteiger partial charge on any atom is -0.512 e. The van der Waals surface area contributed by atoms with Crippen LogP contribution in [0.15, 0.2) is 29.6 Å². The smallest absolute Gasteiger partial charge is 0.318 e. The van der Waals surface area contributed by atoms with Crippen molar-refractivity contribution < 1.29 is 24.6 Å². The number of aliphatic hydroxyl groups excluding tert-OH is 1. The molecule has 1 aliphatic rings. The molecule has 0 aromatic rings. The van der Waals surface area contributed by atoms with Crippen LogP contribution < -0.4 is 0 Å². The zero-order valence-corrected chi connectivity index (χ0v) is 14.0. The van der Waals surface area contributed by atoms with Crippen molar-refractivity contribution in [3.63, 3.8) is 0 Å². The Kier molecular flexibility index (Phi) is 6.12. The number of oxime groups is 1. The number of aliphatic hydroxyl groups is 1. The summed E-state index contributed by atoms with van der Waals surface area (Å²) in [5, 5.41) is 23.4. The molecule has 0 aliphatic heterocycles. The maximum atomic E-state index is 12.4. The summed E-state index contributed by atoms with van der Waals surface area (Å²) >= 11 is 0. The zero-order chi connectivity index (χ0) is 17.7. The molecule has 23 heavy (non-hydrogen) atoms. The van der Waals surface area contributed by atoms with Crippen molar-refractivity contribution in [3.8, 4) is 0 Å². The Labute approximate surface area is 136 Å². The Hall–Kier alpha value is -2.11. The van der Waals surface area contributed by atoms with Gasteiger partial charge in [-0.1, -0.05) is 38.6 Å². The van der Waals surface area contributed by atoms with Crippen molar-refractivity contribution >= 4 is 17.5 Å². The monoisotopic (exact) mass is 323 g/mol. The van der Waals surface area contributed by atoms with Crippen LogP contribution in [0, 0.1) is 10.8 Å². The van der Waals surface area contributed by atoms with Crippen LogP contribution in [0.5, 0.6) is 0 Å². The first-order chi connectivity index (χ1) is 10.7. The van der Waals surface area contributed by atoms with E-state index in [0.717, 1.165) is 6.08 Å². The van der Waals surface area contributed by atoms with Crippen LogP contribution in [0.25, 0.3) is 0 Å². The Morgan fingerprint density at radius 1 is 1.52 bits per heavy atom. The molecule has 128 valence electrons. The third-order valence-electron chi connectivity index (χ3n) is 4.44. The van der Waals surface area contributed by atoms with E-state index in [2.05, 4.69) is 11.7 Å². The van der Waals surface area contributed by atoms with E-state index < -0.39 is 22.6 Å². The van der Waals surface area contributed by atoms with E-state index in [-0.39, 0.29) is 25.2 Å². The fourth-order valence-corrected chi connectivity index (χ4v) is 3.03. The van der Waals surface area contributed by atoms with Crippen molar-refractivity contribution in [2.75, 3.05) is 6.61 Å². The number of hydrogen-bond acceptors (Lipinski definition) is 5. The van der Waals surface area contributed by atoms with Gasteiger partial charge in [-0.15, -0.1) is 0 Å². The highest BCUT2D eigenvalue weighted by atomic mass is 16.6. The van der Waals surface area contributed by atoms with Gasteiger partial charge in [-0.2, -0.15) is 0 Å². The molecule has 0 radical (unpaired) electrons. The molecule has 0 spiro atoms. The average molecular weight is 323 g/mol. The van der Waals surface area contributed by atoms with E-state index in [0.29, 0.717) is 18.6 Å². The summed E-state index contributed by atoms with van der Waals surface area (Å²) in [5.41, 5.74) is -1.78. The predicted octanol–water partition coefficient (Wildman–Crippen LogP) is 3.25. The van der Waals surface area contributed by atoms with Crippen LogP contribution >= 0.6 is 0 Å². The van der Waals surface area contributed by atoms with Crippen LogP contribution in [0.3, 0.4) is 0 Å². The van der Waals surface area contributed by atoms with Gasteiger partial charge >= 0.3 is 5.97 Å². The molecule has 1 aliphatic carbocycles. The molecule has 1 rings (SSSR count). The molecular formula is C17H25NO5. The number of carboxylic acid groups (broad SMARTS) is 1. The summed E-state index contributed by atoms with van der Waals surface area (Å²) < 4.78 is 0. The maximum absolute atomic E-state index is 12.4. The first-order valence-corrected chi connectivity index (χ1v) is 7.67. The molecule has 0 aromatic carbocycles. The Morgan fingerprint density at radius 2 is 2.17 bits per heavy atom. The van der Waals surface area contributed by atoms with Crippen molar-refractivity contribution in [3.05, 3.63) is 24.5 Å².